The molecule has 0 bridgehead atoms. The number of aryl methyl sites for hydroxylation is 1. The Kier molecular flexibility index (Phi) is 1.98. The molecule has 3 heteroatoms. The first-order valence-electron chi connectivity index (χ1n) is 4.04. The molecule has 2 nitrogen and oxygen atoms in total. The summed E-state index contributed by atoms with van der Waals surface area (Å²) in [5.74, 6) is 0. The van der Waals surface area contributed by atoms with E-state index in [1.165, 1.54) is 11.3 Å². The zero-order valence-corrected chi connectivity index (χ0v) is 8.06. The van der Waals surface area contributed by atoms with Crippen molar-refractivity contribution in [3.8, 4) is 5.06 Å². The van der Waals surface area contributed by atoms with Gasteiger partial charge < -0.3 is 10.2 Å². The summed E-state index contributed by atoms with van der Waals surface area (Å²) in [7, 11) is 0. The van der Waals surface area contributed by atoms with Gasteiger partial charge >= 0.3 is 0 Å². The maximum absolute atomic E-state index is 9.30. The Morgan fingerprint density at radius 1 is 1.38 bits per heavy atom. The minimum Gasteiger partial charge on any atom is -0.499 e. The van der Waals surface area contributed by atoms with Gasteiger partial charge in [-0.2, -0.15) is 0 Å². The maximum Gasteiger partial charge on any atom is 0.172 e. The van der Waals surface area contributed by atoms with E-state index in [1.54, 1.807) is 6.07 Å². The van der Waals surface area contributed by atoms with Crippen LogP contribution in [0.3, 0.4) is 0 Å². The molecular formula is C10H10O2S. The number of aromatic hydroxyl groups is 1. The van der Waals surface area contributed by atoms with E-state index in [2.05, 4.69) is 0 Å². The van der Waals surface area contributed by atoms with Crippen LogP contribution in [-0.2, 0) is 6.61 Å². The lowest BCUT2D eigenvalue weighted by Gasteiger charge is -2.02. The van der Waals surface area contributed by atoms with Crippen LogP contribution in [-0.4, -0.2) is 10.2 Å². The van der Waals surface area contributed by atoms with Crippen molar-refractivity contribution in [2.45, 2.75) is 13.5 Å². The zero-order chi connectivity index (χ0) is 9.42. The molecule has 13 heavy (non-hydrogen) atoms. The summed E-state index contributed by atoms with van der Waals surface area (Å²) in [6.45, 7) is 1.99. The molecule has 1 heterocycles. The fourth-order valence-corrected chi connectivity index (χ4v) is 2.43. The zero-order valence-electron chi connectivity index (χ0n) is 7.24. The molecule has 1 aromatic heterocycles. The highest BCUT2D eigenvalue weighted by Crippen LogP contribution is 2.34. The molecule has 0 saturated heterocycles. The molecular weight excluding hydrogens is 184 g/mol. The lowest BCUT2D eigenvalue weighted by Crippen LogP contribution is -1.87. The van der Waals surface area contributed by atoms with Gasteiger partial charge in [-0.25, -0.2) is 0 Å². The molecule has 0 aliphatic heterocycles. The van der Waals surface area contributed by atoms with Crippen molar-refractivity contribution in [2.75, 3.05) is 0 Å². The van der Waals surface area contributed by atoms with Gasteiger partial charge in [-0.15, -0.1) is 0 Å². The van der Waals surface area contributed by atoms with Crippen LogP contribution >= 0.6 is 11.3 Å². The van der Waals surface area contributed by atoms with Crippen molar-refractivity contribution in [3.05, 3.63) is 29.3 Å². The topological polar surface area (TPSA) is 40.5 Å². The van der Waals surface area contributed by atoms with Crippen LogP contribution in [0.1, 0.15) is 11.1 Å². The number of thiophene rings is 1. The third-order valence-corrected chi connectivity index (χ3v) is 3.18. The summed E-state index contributed by atoms with van der Waals surface area (Å²) in [5.41, 5.74) is 1.99. The third-order valence-electron chi connectivity index (χ3n) is 2.17. The number of aliphatic hydroxyl groups excluding tert-OH is 1. The fourth-order valence-electron chi connectivity index (χ4n) is 1.44. The first-order valence-corrected chi connectivity index (χ1v) is 4.86. The minimum absolute atomic E-state index is 0.0309. The highest BCUT2D eigenvalue weighted by molar-refractivity contribution is 7.20. The molecule has 0 unspecified atom stereocenters. The van der Waals surface area contributed by atoms with E-state index in [0.717, 1.165) is 21.2 Å². The number of benzene rings is 1. The smallest absolute Gasteiger partial charge is 0.172 e. The van der Waals surface area contributed by atoms with E-state index in [9.17, 15) is 5.11 Å². The van der Waals surface area contributed by atoms with Crippen LogP contribution in [0.5, 0.6) is 5.06 Å². The Morgan fingerprint density at radius 3 is 2.85 bits per heavy atom. The second-order valence-corrected chi connectivity index (χ2v) is 4.05. The normalized spacial score (nSPS) is 10.9. The molecule has 0 radical (unpaired) electrons. The number of fused-ring (bicyclic) bond motifs is 1. The largest absolute Gasteiger partial charge is 0.499 e. The lowest BCUT2D eigenvalue weighted by atomic mass is 10.1. The Labute approximate surface area is 80.1 Å². The first-order chi connectivity index (χ1) is 6.22. The van der Waals surface area contributed by atoms with Crippen LogP contribution in [0.15, 0.2) is 18.2 Å². The Bertz CT molecular complexity index is 445. The third kappa shape index (κ3) is 1.30. The number of hydrogen-bond acceptors (Lipinski definition) is 3. The second-order valence-electron chi connectivity index (χ2n) is 3.02. The predicted molar refractivity (Wildman–Crippen MR) is 54.1 cm³/mol. The standard InChI is InChI=1S/C10H10O2S/c1-6-2-3-7-4-9(12)13-10(7)8(6)5-11/h2-4,11-12H,5H2,1H3. The predicted octanol–water partition coefficient (Wildman–Crippen LogP) is 2.41. The SMILES string of the molecule is Cc1ccc2cc(O)sc2c1CO. The van der Waals surface area contributed by atoms with Crippen LogP contribution in [0.2, 0.25) is 0 Å². The van der Waals surface area contributed by atoms with E-state index in [1.807, 2.05) is 19.1 Å². The summed E-state index contributed by atoms with van der Waals surface area (Å²) in [6.07, 6.45) is 0. The summed E-state index contributed by atoms with van der Waals surface area (Å²) in [5, 5.41) is 19.8. The molecule has 0 aliphatic rings. The molecule has 68 valence electrons. The highest BCUT2D eigenvalue weighted by Gasteiger charge is 2.07. The molecule has 1 aromatic carbocycles. The van der Waals surface area contributed by atoms with Gasteiger partial charge in [0, 0.05) is 4.70 Å². The molecule has 0 saturated carbocycles. The Balaban J connectivity index is 2.82. The molecule has 0 aliphatic carbocycles. The number of rotatable bonds is 1. The fraction of sp³-hybridized carbons (Fsp3) is 0.200. The Hall–Kier alpha value is -1.06. The monoisotopic (exact) mass is 194 g/mol. The quantitative estimate of drug-likeness (QED) is 0.731. The summed E-state index contributed by atoms with van der Waals surface area (Å²) >= 11 is 1.31. The summed E-state index contributed by atoms with van der Waals surface area (Å²) in [6, 6.07) is 5.64. The van der Waals surface area contributed by atoms with Gasteiger partial charge in [0.1, 0.15) is 0 Å². The van der Waals surface area contributed by atoms with Gasteiger partial charge in [0.25, 0.3) is 0 Å². The van der Waals surface area contributed by atoms with E-state index in [0.29, 0.717) is 5.06 Å². The van der Waals surface area contributed by atoms with Crippen LogP contribution < -0.4 is 0 Å². The van der Waals surface area contributed by atoms with Crippen LogP contribution in [0.25, 0.3) is 10.1 Å². The molecule has 0 atom stereocenters. The average Bonchev–Trinajstić information content (AvgIpc) is 2.45. The Morgan fingerprint density at radius 2 is 2.15 bits per heavy atom. The van der Waals surface area contributed by atoms with Crippen molar-refractivity contribution in [2.24, 2.45) is 0 Å². The van der Waals surface area contributed by atoms with Crippen molar-refractivity contribution in [1.82, 2.24) is 0 Å². The van der Waals surface area contributed by atoms with E-state index in [4.69, 9.17) is 5.11 Å². The van der Waals surface area contributed by atoms with Gasteiger partial charge in [0.2, 0.25) is 0 Å². The maximum atomic E-state index is 9.30. The lowest BCUT2D eigenvalue weighted by molar-refractivity contribution is 0.283. The molecule has 0 spiro atoms. The van der Waals surface area contributed by atoms with Crippen molar-refractivity contribution < 1.29 is 10.2 Å². The van der Waals surface area contributed by atoms with Gasteiger partial charge in [0.05, 0.1) is 6.61 Å². The van der Waals surface area contributed by atoms with Gasteiger partial charge in [-0.3, -0.25) is 0 Å². The molecule has 0 amide bonds. The molecule has 2 N–H and O–H groups in total. The van der Waals surface area contributed by atoms with Gasteiger partial charge in [-0.1, -0.05) is 23.5 Å². The van der Waals surface area contributed by atoms with E-state index in [-0.39, 0.29) is 6.61 Å². The molecule has 0 fully saturated rings. The highest BCUT2D eigenvalue weighted by atomic mass is 32.1. The van der Waals surface area contributed by atoms with E-state index < -0.39 is 0 Å². The average molecular weight is 194 g/mol. The minimum atomic E-state index is 0.0309. The number of hydrogen-bond donors (Lipinski definition) is 2. The van der Waals surface area contributed by atoms with Crippen molar-refractivity contribution in [3.63, 3.8) is 0 Å². The summed E-state index contributed by atoms with van der Waals surface area (Å²) in [4.78, 5) is 0. The van der Waals surface area contributed by atoms with Crippen molar-refractivity contribution >= 4 is 21.4 Å². The van der Waals surface area contributed by atoms with Gasteiger partial charge in [0.15, 0.2) is 5.06 Å². The summed E-state index contributed by atoms with van der Waals surface area (Å²) < 4.78 is 0.986. The van der Waals surface area contributed by atoms with E-state index >= 15 is 0 Å². The van der Waals surface area contributed by atoms with Crippen molar-refractivity contribution in [1.29, 1.82) is 0 Å². The number of aliphatic hydroxyl groups is 1. The molecule has 2 aromatic rings. The first kappa shape index (κ1) is 8.53. The van der Waals surface area contributed by atoms with Gasteiger partial charge in [-0.05, 0) is 29.5 Å². The van der Waals surface area contributed by atoms with Crippen LogP contribution in [0, 0.1) is 6.92 Å². The van der Waals surface area contributed by atoms with Crippen LogP contribution in [0.4, 0.5) is 0 Å². The second kappa shape index (κ2) is 3.01. The molecule has 2 rings (SSSR count).